The van der Waals surface area contributed by atoms with E-state index in [1.807, 2.05) is 24.1 Å². The van der Waals surface area contributed by atoms with Gasteiger partial charge in [0.15, 0.2) is 4.90 Å². The van der Waals surface area contributed by atoms with Gasteiger partial charge in [0.2, 0.25) is 5.91 Å². The number of hydrogen-bond acceptors (Lipinski definition) is 6. The van der Waals surface area contributed by atoms with E-state index in [0.29, 0.717) is 12.1 Å². The molecule has 2 amide bonds. The third-order valence-electron chi connectivity index (χ3n) is 3.67. The monoisotopic (exact) mass is 420 g/mol. The van der Waals surface area contributed by atoms with Crippen LogP contribution in [0, 0.1) is 16.0 Å². The number of sulfonamides is 1. The van der Waals surface area contributed by atoms with E-state index < -0.39 is 31.4 Å². The Hall–Kier alpha value is -3.31. The van der Waals surface area contributed by atoms with Gasteiger partial charge in [0.25, 0.3) is 21.6 Å². The molecule has 0 atom stereocenters. The van der Waals surface area contributed by atoms with Crippen LogP contribution in [0.3, 0.4) is 0 Å². The highest BCUT2D eigenvalue weighted by Gasteiger charge is 2.25. The smallest absolute Gasteiger partial charge is 0.289 e. The van der Waals surface area contributed by atoms with Crippen molar-refractivity contribution in [2.45, 2.75) is 25.2 Å². The predicted molar refractivity (Wildman–Crippen MR) is 105 cm³/mol. The SMILES string of the molecule is CC(C)CC(=O)Nc1ccc(C(=O)NNS(=O)(=O)c2ccccc2[N+](=O)[O-])cc1. The molecule has 11 heteroatoms. The van der Waals surface area contributed by atoms with Crippen molar-refractivity contribution < 1.29 is 22.9 Å². The number of anilines is 1. The molecule has 0 spiro atoms. The maximum Gasteiger partial charge on any atom is 0.289 e. The summed E-state index contributed by atoms with van der Waals surface area (Å²) in [6.45, 7) is 3.83. The lowest BCUT2D eigenvalue weighted by molar-refractivity contribution is -0.387. The molecule has 0 unspecified atom stereocenters. The van der Waals surface area contributed by atoms with Crippen molar-refractivity contribution in [1.29, 1.82) is 0 Å². The highest BCUT2D eigenvalue weighted by molar-refractivity contribution is 7.89. The molecule has 0 radical (unpaired) electrons. The third-order valence-corrected chi connectivity index (χ3v) is 4.97. The molecular formula is C18H20N4O6S. The van der Waals surface area contributed by atoms with E-state index in [2.05, 4.69) is 5.32 Å². The van der Waals surface area contributed by atoms with Gasteiger partial charge in [-0.25, -0.2) is 8.42 Å². The molecule has 0 aliphatic heterocycles. The topological polar surface area (TPSA) is 148 Å². The highest BCUT2D eigenvalue weighted by atomic mass is 32.2. The van der Waals surface area contributed by atoms with E-state index in [0.717, 1.165) is 12.1 Å². The normalized spacial score (nSPS) is 11.1. The summed E-state index contributed by atoms with van der Waals surface area (Å²) in [5.41, 5.74) is 2.00. The number of amides is 2. The Labute approximate surface area is 167 Å². The van der Waals surface area contributed by atoms with Gasteiger partial charge in [0.1, 0.15) is 0 Å². The molecule has 0 aromatic heterocycles. The van der Waals surface area contributed by atoms with E-state index in [1.165, 1.54) is 36.4 Å². The first kappa shape index (κ1) is 22.0. The molecule has 0 aliphatic carbocycles. The Morgan fingerprint density at radius 1 is 1.07 bits per heavy atom. The summed E-state index contributed by atoms with van der Waals surface area (Å²) in [4.78, 5) is 35.3. The second-order valence-corrected chi connectivity index (χ2v) is 8.16. The number of nitrogens with one attached hydrogen (secondary N) is 3. The number of hydrogen-bond donors (Lipinski definition) is 3. The third kappa shape index (κ3) is 6.09. The van der Waals surface area contributed by atoms with Crippen molar-refractivity contribution in [1.82, 2.24) is 10.3 Å². The van der Waals surface area contributed by atoms with Crippen LogP contribution in [0.2, 0.25) is 0 Å². The number of nitro benzene ring substituents is 1. The number of benzene rings is 2. The van der Waals surface area contributed by atoms with Crippen LogP contribution >= 0.6 is 0 Å². The molecule has 0 fully saturated rings. The Kier molecular flexibility index (Phi) is 7.02. The molecule has 0 saturated carbocycles. The maximum absolute atomic E-state index is 12.3. The van der Waals surface area contributed by atoms with Crippen molar-refractivity contribution in [3.05, 3.63) is 64.2 Å². The van der Waals surface area contributed by atoms with E-state index in [9.17, 15) is 28.1 Å². The average Bonchev–Trinajstić information content (AvgIpc) is 2.66. The lowest BCUT2D eigenvalue weighted by Crippen LogP contribution is -2.41. The minimum atomic E-state index is -4.36. The first-order valence-corrected chi connectivity index (χ1v) is 10.0. The van der Waals surface area contributed by atoms with Crippen LogP contribution in [-0.2, 0) is 14.8 Å². The molecule has 0 bridgehead atoms. The van der Waals surface area contributed by atoms with Crippen LogP contribution in [0.1, 0.15) is 30.6 Å². The molecule has 10 nitrogen and oxygen atoms in total. The first-order valence-electron chi connectivity index (χ1n) is 8.55. The number of nitro groups is 1. The van der Waals surface area contributed by atoms with Gasteiger partial charge in [0, 0.05) is 23.7 Å². The molecule has 29 heavy (non-hydrogen) atoms. The number of nitrogens with zero attached hydrogens (tertiary/aromatic N) is 1. The molecule has 0 aliphatic rings. The van der Waals surface area contributed by atoms with E-state index in [4.69, 9.17) is 0 Å². The number of carbonyl (C=O) groups excluding carboxylic acids is 2. The second kappa shape index (κ2) is 9.26. The van der Waals surface area contributed by atoms with Crippen molar-refractivity contribution in [2.75, 3.05) is 5.32 Å². The number of para-hydroxylation sites is 1. The predicted octanol–water partition coefficient (Wildman–Crippen LogP) is 2.20. The molecule has 2 rings (SSSR count). The van der Waals surface area contributed by atoms with Crippen molar-refractivity contribution in [2.24, 2.45) is 5.92 Å². The van der Waals surface area contributed by atoms with Gasteiger partial charge in [-0.05, 0) is 36.2 Å². The van der Waals surface area contributed by atoms with Gasteiger partial charge in [-0.3, -0.25) is 25.1 Å². The van der Waals surface area contributed by atoms with Crippen molar-refractivity contribution in [3.63, 3.8) is 0 Å². The zero-order valence-corrected chi connectivity index (χ0v) is 16.5. The van der Waals surface area contributed by atoms with Gasteiger partial charge in [-0.1, -0.05) is 26.0 Å². The van der Waals surface area contributed by atoms with Crippen LogP contribution in [0.4, 0.5) is 11.4 Å². The minimum Gasteiger partial charge on any atom is -0.326 e. The van der Waals surface area contributed by atoms with Gasteiger partial charge in [0.05, 0.1) is 4.92 Å². The van der Waals surface area contributed by atoms with Crippen LogP contribution < -0.4 is 15.6 Å². The van der Waals surface area contributed by atoms with Gasteiger partial charge in [-0.2, -0.15) is 0 Å². The Morgan fingerprint density at radius 3 is 2.28 bits per heavy atom. The largest absolute Gasteiger partial charge is 0.326 e. The summed E-state index contributed by atoms with van der Waals surface area (Å²) in [6, 6.07) is 10.6. The first-order chi connectivity index (χ1) is 13.6. The molecule has 2 aromatic rings. The number of hydrazine groups is 1. The average molecular weight is 420 g/mol. The van der Waals surface area contributed by atoms with Gasteiger partial charge < -0.3 is 5.32 Å². The molecule has 2 aromatic carbocycles. The Balaban J connectivity index is 2.04. The summed E-state index contributed by atoms with van der Waals surface area (Å²) in [5.74, 6) is -0.727. The van der Waals surface area contributed by atoms with E-state index in [1.54, 1.807) is 0 Å². The Morgan fingerprint density at radius 2 is 1.69 bits per heavy atom. The van der Waals surface area contributed by atoms with Crippen molar-refractivity contribution >= 4 is 33.2 Å². The van der Waals surface area contributed by atoms with Crippen molar-refractivity contribution in [3.8, 4) is 0 Å². The maximum atomic E-state index is 12.3. The summed E-state index contributed by atoms with van der Waals surface area (Å²) >= 11 is 0. The zero-order chi connectivity index (χ0) is 21.6. The summed E-state index contributed by atoms with van der Waals surface area (Å²) in [6.07, 6.45) is 0.357. The molecule has 0 saturated heterocycles. The molecule has 154 valence electrons. The van der Waals surface area contributed by atoms with Gasteiger partial charge >= 0.3 is 0 Å². The fourth-order valence-corrected chi connectivity index (χ4v) is 3.38. The zero-order valence-electron chi connectivity index (χ0n) is 15.7. The quantitative estimate of drug-likeness (QED) is 0.440. The summed E-state index contributed by atoms with van der Waals surface area (Å²) < 4.78 is 24.6. The summed E-state index contributed by atoms with van der Waals surface area (Å²) in [5, 5.41) is 13.7. The standard InChI is InChI=1S/C18H20N4O6S/c1-12(2)11-17(23)19-14-9-7-13(8-10-14)18(24)20-21-29(27,28)16-6-4-3-5-15(16)22(25)26/h3-10,12,21H,11H2,1-2H3,(H,19,23)(H,20,24). The lowest BCUT2D eigenvalue weighted by Gasteiger charge is -2.10. The Bertz CT molecular complexity index is 1020. The fourth-order valence-electron chi connectivity index (χ4n) is 2.36. The van der Waals surface area contributed by atoms with E-state index >= 15 is 0 Å². The van der Waals surface area contributed by atoms with Crippen LogP contribution in [0.5, 0.6) is 0 Å². The highest BCUT2D eigenvalue weighted by Crippen LogP contribution is 2.22. The van der Waals surface area contributed by atoms with Crippen LogP contribution in [0.15, 0.2) is 53.4 Å². The lowest BCUT2D eigenvalue weighted by atomic mass is 10.1. The molecule has 3 N–H and O–H groups in total. The molecular weight excluding hydrogens is 400 g/mol. The molecule has 0 heterocycles. The second-order valence-electron chi connectivity index (χ2n) is 6.51. The summed E-state index contributed by atoms with van der Waals surface area (Å²) in [7, 11) is -4.36. The van der Waals surface area contributed by atoms with Crippen LogP contribution in [0.25, 0.3) is 0 Å². The van der Waals surface area contributed by atoms with E-state index in [-0.39, 0.29) is 17.4 Å². The van der Waals surface area contributed by atoms with Crippen LogP contribution in [-0.4, -0.2) is 25.2 Å². The minimum absolute atomic E-state index is 0.122. The number of rotatable bonds is 8. The number of carbonyl (C=O) groups is 2. The van der Waals surface area contributed by atoms with Gasteiger partial charge in [-0.15, -0.1) is 4.83 Å². The fraction of sp³-hybridized carbons (Fsp3) is 0.222.